The van der Waals surface area contributed by atoms with Gasteiger partial charge in [-0.3, -0.25) is 20.0 Å². The summed E-state index contributed by atoms with van der Waals surface area (Å²) in [6, 6.07) is 0.429. The molecule has 1 aromatic rings. The number of nitrogens with one attached hydrogen (secondary N) is 1. The monoisotopic (exact) mass is 340 g/mol. The average Bonchev–Trinajstić information content (AvgIpc) is 2.48. The number of carbonyl (C=O) groups is 1. The third-order valence-corrected chi connectivity index (χ3v) is 3.52. The van der Waals surface area contributed by atoms with Crippen LogP contribution in [0.1, 0.15) is 27.2 Å². The number of carbonyl (C=O) groups excluding carboxylic acids is 1. The number of pyridine rings is 1. The summed E-state index contributed by atoms with van der Waals surface area (Å²) in [5, 5.41) is 14.3. The van der Waals surface area contributed by atoms with E-state index < -0.39 is 28.8 Å². The lowest BCUT2D eigenvalue weighted by Crippen LogP contribution is -2.56. The Labute approximate surface area is 139 Å². The molecule has 24 heavy (non-hydrogen) atoms. The normalized spacial score (nSPS) is 21.2. The Morgan fingerprint density at radius 2 is 2.25 bits per heavy atom. The van der Waals surface area contributed by atoms with E-state index in [1.54, 1.807) is 20.8 Å². The van der Waals surface area contributed by atoms with Gasteiger partial charge in [0.25, 0.3) is 0 Å². The zero-order valence-corrected chi connectivity index (χ0v) is 13.9. The molecule has 1 saturated heterocycles. The molecule has 0 spiro atoms. The van der Waals surface area contributed by atoms with E-state index in [-0.39, 0.29) is 24.3 Å². The smallest absolute Gasteiger partial charge is 0.415 e. The van der Waals surface area contributed by atoms with E-state index in [2.05, 4.69) is 10.3 Å². The summed E-state index contributed by atoms with van der Waals surface area (Å²) in [5.41, 5.74) is -1.22. The highest BCUT2D eigenvalue weighted by Crippen LogP contribution is 2.32. The van der Waals surface area contributed by atoms with Crippen LogP contribution >= 0.6 is 0 Å². The standard InChI is InChI=1S/C15H21FN4O4/c1-15(2,3)24-14(21)19(12-8-17-6-4-10(12)16)11-5-7-18-9-13(11)20(22)23/h5,7,9-10,12,17H,4,6,8H2,1-3H3/t10-,12-/m0/s1. The first-order valence-corrected chi connectivity index (χ1v) is 7.66. The predicted molar refractivity (Wildman–Crippen MR) is 85.8 cm³/mol. The van der Waals surface area contributed by atoms with Crippen LogP contribution in [-0.2, 0) is 4.74 Å². The Hall–Kier alpha value is -2.29. The van der Waals surface area contributed by atoms with E-state index in [1.165, 1.54) is 12.3 Å². The highest BCUT2D eigenvalue weighted by atomic mass is 19.1. The van der Waals surface area contributed by atoms with Crippen molar-refractivity contribution in [2.24, 2.45) is 0 Å². The summed E-state index contributed by atoms with van der Waals surface area (Å²) in [4.78, 5) is 28.0. The topological polar surface area (TPSA) is 97.6 Å². The summed E-state index contributed by atoms with van der Waals surface area (Å²) in [6.07, 6.45) is 0.432. The summed E-state index contributed by atoms with van der Waals surface area (Å²) >= 11 is 0. The zero-order valence-electron chi connectivity index (χ0n) is 13.9. The molecule has 0 unspecified atom stereocenters. The second kappa shape index (κ2) is 7.08. The lowest BCUT2D eigenvalue weighted by atomic mass is 10.0. The second-order valence-electron chi connectivity index (χ2n) is 6.55. The quantitative estimate of drug-likeness (QED) is 0.670. The molecular weight excluding hydrogens is 319 g/mol. The van der Waals surface area contributed by atoms with Crippen LogP contribution in [0.4, 0.5) is 20.6 Å². The Morgan fingerprint density at radius 1 is 1.54 bits per heavy atom. The van der Waals surface area contributed by atoms with Crippen LogP contribution in [0.25, 0.3) is 0 Å². The van der Waals surface area contributed by atoms with Crippen molar-refractivity contribution in [3.05, 3.63) is 28.6 Å². The molecule has 1 N–H and O–H groups in total. The fourth-order valence-electron chi connectivity index (χ4n) is 2.51. The van der Waals surface area contributed by atoms with E-state index in [9.17, 15) is 19.3 Å². The van der Waals surface area contributed by atoms with Gasteiger partial charge >= 0.3 is 11.8 Å². The van der Waals surface area contributed by atoms with Crippen molar-refractivity contribution in [1.82, 2.24) is 10.3 Å². The number of anilines is 1. The Morgan fingerprint density at radius 3 is 2.83 bits per heavy atom. The van der Waals surface area contributed by atoms with Gasteiger partial charge in [0.15, 0.2) is 0 Å². The molecule has 0 saturated carbocycles. The lowest BCUT2D eigenvalue weighted by molar-refractivity contribution is -0.384. The number of hydrogen-bond donors (Lipinski definition) is 1. The number of nitro groups is 1. The molecule has 8 nitrogen and oxygen atoms in total. The minimum absolute atomic E-state index is 0.0272. The molecule has 1 aliphatic heterocycles. The fourth-order valence-corrected chi connectivity index (χ4v) is 2.51. The van der Waals surface area contributed by atoms with E-state index in [0.717, 1.165) is 11.1 Å². The van der Waals surface area contributed by atoms with Gasteiger partial charge in [-0.2, -0.15) is 0 Å². The van der Waals surface area contributed by atoms with E-state index in [1.807, 2.05) is 0 Å². The maximum Gasteiger partial charge on any atom is 0.415 e. The number of rotatable bonds is 3. The van der Waals surface area contributed by atoms with Crippen LogP contribution < -0.4 is 10.2 Å². The third kappa shape index (κ3) is 4.16. The summed E-state index contributed by atoms with van der Waals surface area (Å²) in [6.45, 7) is 5.69. The van der Waals surface area contributed by atoms with Crippen LogP contribution in [0.15, 0.2) is 18.5 Å². The number of piperidine rings is 1. The first kappa shape index (κ1) is 18.1. The largest absolute Gasteiger partial charge is 0.443 e. The molecule has 132 valence electrons. The molecule has 1 aromatic heterocycles. The molecule has 0 aromatic carbocycles. The minimum atomic E-state index is -1.31. The number of hydrogen-bond acceptors (Lipinski definition) is 6. The molecule has 9 heteroatoms. The number of ether oxygens (including phenoxy) is 1. The molecule has 0 aliphatic carbocycles. The average molecular weight is 340 g/mol. The van der Waals surface area contributed by atoms with Crippen LogP contribution in [0.2, 0.25) is 0 Å². The Kier molecular flexibility index (Phi) is 5.33. The van der Waals surface area contributed by atoms with E-state index >= 15 is 0 Å². The maximum absolute atomic E-state index is 14.4. The Bertz CT molecular complexity index is 620. The van der Waals surface area contributed by atoms with E-state index in [0.29, 0.717) is 6.54 Å². The molecule has 1 amide bonds. The van der Waals surface area contributed by atoms with Gasteiger partial charge in [0, 0.05) is 12.7 Å². The van der Waals surface area contributed by atoms with Crippen molar-refractivity contribution in [3.8, 4) is 0 Å². The number of amides is 1. The lowest BCUT2D eigenvalue weighted by Gasteiger charge is -2.37. The number of aromatic nitrogens is 1. The van der Waals surface area contributed by atoms with Crippen molar-refractivity contribution >= 4 is 17.5 Å². The maximum atomic E-state index is 14.4. The van der Waals surface area contributed by atoms with Gasteiger partial charge in [0.05, 0.1) is 11.0 Å². The Balaban J connectivity index is 2.46. The van der Waals surface area contributed by atoms with E-state index in [4.69, 9.17) is 4.74 Å². The highest BCUT2D eigenvalue weighted by Gasteiger charge is 2.39. The first-order valence-electron chi connectivity index (χ1n) is 7.66. The molecule has 0 radical (unpaired) electrons. The van der Waals surface area contributed by atoms with Crippen molar-refractivity contribution in [1.29, 1.82) is 0 Å². The molecular formula is C15H21FN4O4. The van der Waals surface area contributed by atoms with Crippen molar-refractivity contribution in [3.63, 3.8) is 0 Å². The minimum Gasteiger partial charge on any atom is -0.443 e. The van der Waals surface area contributed by atoms with Crippen LogP contribution in [0.5, 0.6) is 0 Å². The second-order valence-corrected chi connectivity index (χ2v) is 6.55. The van der Waals surface area contributed by atoms with Gasteiger partial charge in [-0.15, -0.1) is 0 Å². The summed E-state index contributed by atoms with van der Waals surface area (Å²) in [5.74, 6) is 0. The van der Waals surface area contributed by atoms with Crippen molar-refractivity contribution < 1.29 is 18.8 Å². The SMILES string of the molecule is CC(C)(C)OC(=O)N(c1ccncc1[N+](=O)[O-])[C@H]1CNCC[C@@H]1F. The van der Waals surface area contributed by atoms with Gasteiger partial charge in [0.2, 0.25) is 0 Å². The van der Waals surface area contributed by atoms with Crippen LogP contribution in [0.3, 0.4) is 0 Å². The van der Waals surface area contributed by atoms with Gasteiger partial charge in [-0.05, 0) is 39.8 Å². The van der Waals surface area contributed by atoms with Crippen molar-refractivity contribution in [2.45, 2.75) is 45.0 Å². The molecule has 1 aliphatic rings. The van der Waals surface area contributed by atoms with Crippen LogP contribution in [-0.4, -0.2) is 46.9 Å². The third-order valence-electron chi connectivity index (χ3n) is 3.52. The number of alkyl halides is 1. The summed E-state index contributed by atoms with van der Waals surface area (Å²) in [7, 11) is 0. The number of nitrogens with zero attached hydrogens (tertiary/aromatic N) is 3. The zero-order chi connectivity index (χ0) is 17.9. The van der Waals surface area contributed by atoms with Gasteiger partial charge in [0.1, 0.15) is 23.7 Å². The van der Waals surface area contributed by atoms with Crippen molar-refractivity contribution in [2.75, 3.05) is 18.0 Å². The molecule has 2 atom stereocenters. The predicted octanol–water partition coefficient (Wildman–Crippen LogP) is 2.43. The van der Waals surface area contributed by atoms with Gasteiger partial charge in [-0.1, -0.05) is 0 Å². The first-order chi connectivity index (χ1) is 11.2. The summed E-state index contributed by atoms with van der Waals surface area (Å²) < 4.78 is 19.8. The molecule has 2 heterocycles. The van der Waals surface area contributed by atoms with Gasteiger partial charge < -0.3 is 10.1 Å². The molecule has 2 rings (SSSR count). The molecule has 1 fully saturated rings. The highest BCUT2D eigenvalue weighted by molar-refractivity contribution is 5.91. The number of halogens is 1. The fraction of sp³-hybridized carbons (Fsp3) is 0.600. The van der Waals surface area contributed by atoms with Crippen LogP contribution in [0, 0.1) is 10.1 Å². The molecule has 0 bridgehead atoms. The van der Waals surface area contributed by atoms with Gasteiger partial charge in [-0.25, -0.2) is 9.18 Å².